The summed E-state index contributed by atoms with van der Waals surface area (Å²) < 4.78 is 5.57. The third kappa shape index (κ3) is 2.01. The van der Waals surface area contributed by atoms with Gasteiger partial charge in [0.1, 0.15) is 11.5 Å². The first-order valence-corrected chi connectivity index (χ1v) is 5.59. The van der Waals surface area contributed by atoms with Crippen LogP contribution in [0.4, 0.5) is 0 Å². The lowest BCUT2D eigenvalue weighted by molar-refractivity contribution is 0.475. The van der Waals surface area contributed by atoms with Crippen LogP contribution in [0.1, 0.15) is 0 Å². The van der Waals surface area contributed by atoms with Crippen molar-refractivity contribution in [3.63, 3.8) is 0 Å². The summed E-state index contributed by atoms with van der Waals surface area (Å²) in [4.78, 5) is 25.6. The number of benzene rings is 1. The molecular formula is C14H9NO4. The number of nitrogens with one attached hydrogen (secondary N) is 1. The number of phenolic OH excluding ortho intramolecular Hbond substituents is 1. The van der Waals surface area contributed by atoms with Crippen LogP contribution in [-0.4, -0.2) is 10.1 Å². The molecule has 2 N–H and O–H groups in total. The maximum Gasteiger partial charge on any atom is 0.248 e. The van der Waals surface area contributed by atoms with Crippen LogP contribution >= 0.6 is 0 Å². The summed E-state index contributed by atoms with van der Waals surface area (Å²) in [5, 5.41) is 9.47. The maximum absolute atomic E-state index is 11.9. The van der Waals surface area contributed by atoms with E-state index in [9.17, 15) is 14.7 Å². The largest absolute Gasteiger partial charge is 0.508 e. The number of H-pyrrole nitrogens is 1. The lowest BCUT2D eigenvalue weighted by atomic mass is 10.1. The van der Waals surface area contributed by atoms with E-state index >= 15 is 0 Å². The fraction of sp³-hybridized carbons (Fsp3) is 0. The Labute approximate surface area is 106 Å². The Morgan fingerprint density at radius 2 is 1.79 bits per heavy atom. The van der Waals surface area contributed by atoms with Crippen LogP contribution in [0.3, 0.4) is 0 Å². The van der Waals surface area contributed by atoms with Crippen molar-refractivity contribution in [1.29, 1.82) is 0 Å². The van der Waals surface area contributed by atoms with Gasteiger partial charge in [0, 0.05) is 23.9 Å². The van der Waals surface area contributed by atoms with Crippen molar-refractivity contribution in [3.8, 4) is 17.1 Å². The molecule has 0 aliphatic heterocycles. The number of fused-ring (bicyclic) bond motifs is 1. The van der Waals surface area contributed by atoms with Crippen LogP contribution in [0.15, 0.2) is 56.6 Å². The summed E-state index contributed by atoms with van der Waals surface area (Å²) in [6.45, 7) is 0. The quantitative estimate of drug-likeness (QED) is 0.695. The molecule has 2 heterocycles. The van der Waals surface area contributed by atoms with Crippen LogP contribution in [0.25, 0.3) is 22.3 Å². The van der Waals surface area contributed by atoms with E-state index in [0.717, 1.165) is 0 Å². The van der Waals surface area contributed by atoms with Gasteiger partial charge in [0.25, 0.3) is 0 Å². The van der Waals surface area contributed by atoms with Crippen molar-refractivity contribution in [3.05, 3.63) is 63.2 Å². The SMILES string of the molecule is O=c1cc2c(=O)cc(-c3ccc(O)cc3)oc2c[nH]1. The predicted octanol–water partition coefficient (Wildman–Crippen LogP) is 1.85. The summed E-state index contributed by atoms with van der Waals surface area (Å²) in [6.07, 6.45) is 1.36. The molecule has 0 amide bonds. The molecule has 0 aliphatic carbocycles. The number of aromatic amines is 1. The minimum atomic E-state index is -0.350. The number of aromatic nitrogens is 1. The highest BCUT2D eigenvalue weighted by molar-refractivity contribution is 5.77. The van der Waals surface area contributed by atoms with E-state index in [1.165, 1.54) is 30.5 Å². The van der Waals surface area contributed by atoms with Gasteiger partial charge in [0.2, 0.25) is 5.56 Å². The van der Waals surface area contributed by atoms with Gasteiger partial charge >= 0.3 is 0 Å². The van der Waals surface area contributed by atoms with E-state index in [0.29, 0.717) is 16.9 Å². The molecule has 5 nitrogen and oxygen atoms in total. The van der Waals surface area contributed by atoms with Gasteiger partial charge in [0.05, 0.1) is 5.39 Å². The number of rotatable bonds is 1. The van der Waals surface area contributed by atoms with Gasteiger partial charge in [-0.05, 0) is 24.3 Å². The molecule has 0 fully saturated rings. The number of pyridine rings is 1. The molecule has 0 radical (unpaired) electrons. The Hall–Kier alpha value is -2.82. The van der Waals surface area contributed by atoms with E-state index in [2.05, 4.69) is 4.98 Å². The fourth-order valence-electron chi connectivity index (χ4n) is 1.85. The summed E-state index contributed by atoms with van der Waals surface area (Å²) in [5.74, 6) is 0.515. The van der Waals surface area contributed by atoms with Gasteiger partial charge in [-0.15, -0.1) is 0 Å². The molecule has 0 saturated heterocycles. The van der Waals surface area contributed by atoms with Gasteiger partial charge in [0.15, 0.2) is 11.0 Å². The van der Waals surface area contributed by atoms with E-state index in [1.54, 1.807) is 12.1 Å². The second-order valence-electron chi connectivity index (χ2n) is 4.10. The summed E-state index contributed by atoms with van der Waals surface area (Å²) in [5.41, 5.74) is 0.353. The standard InChI is InChI=1S/C14H9NO4/c16-9-3-1-8(2-4-9)12-6-11(17)10-5-14(18)15-7-13(10)19-12/h1-7,16H,(H,15,18). The van der Waals surface area contributed by atoms with E-state index in [-0.39, 0.29) is 22.1 Å². The highest BCUT2D eigenvalue weighted by Gasteiger charge is 2.07. The number of aromatic hydroxyl groups is 1. The van der Waals surface area contributed by atoms with Gasteiger partial charge in [-0.3, -0.25) is 9.59 Å². The summed E-state index contributed by atoms with van der Waals surface area (Å²) in [7, 11) is 0. The topological polar surface area (TPSA) is 83.3 Å². The first kappa shape index (κ1) is 11.3. The Balaban J connectivity index is 2.26. The molecule has 3 rings (SSSR count). The first-order valence-electron chi connectivity index (χ1n) is 5.59. The average molecular weight is 255 g/mol. The molecule has 1 aromatic carbocycles. The van der Waals surface area contributed by atoms with Crippen LogP contribution in [0.5, 0.6) is 5.75 Å². The maximum atomic E-state index is 11.9. The summed E-state index contributed by atoms with van der Waals surface area (Å²) >= 11 is 0. The number of phenols is 1. The van der Waals surface area contributed by atoms with Crippen molar-refractivity contribution in [2.24, 2.45) is 0 Å². The third-order valence-electron chi connectivity index (χ3n) is 2.79. The number of hydrogen-bond donors (Lipinski definition) is 2. The zero-order valence-corrected chi connectivity index (χ0v) is 9.71. The minimum absolute atomic E-state index is 0.135. The van der Waals surface area contributed by atoms with Crippen LogP contribution in [0.2, 0.25) is 0 Å². The molecule has 0 unspecified atom stereocenters. The Kier molecular flexibility index (Phi) is 2.45. The van der Waals surface area contributed by atoms with Crippen molar-refractivity contribution in [1.82, 2.24) is 4.98 Å². The monoisotopic (exact) mass is 255 g/mol. The van der Waals surface area contributed by atoms with Crippen molar-refractivity contribution >= 4 is 11.0 Å². The molecule has 5 heteroatoms. The summed E-state index contributed by atoms with van der Waals surface area (Å²) in [6, 6.07) is 8.84. The van der Waals surface area contributed by atoms with Gasteiger partial charge in [-0.2, -0.15) is 0 Å². The normalized spacial score (nSPS) is 10.7. The molecule has 2 aromatic heterocycles. The van der Waals surface area contributed by atoms with Crippen LogP contribution < -0.4 is 11.0 Å². The molecule has 0 spiro atoms. The van der Waals surface area contributed by atoms with Gasteiger partial charge < -0.3 is 14.5 Å². The van der Waals surface area contributed by atoms with Gasteiger partial charge in [-0.25, -0.2) is 0 Å². The minimum Gasteiger partial charge on any atom is -0.508 e. The lowest BCUT2D eigenvalue weighted by Crippen LogP contribution is -2.08. The number of hydrogen-bond acceptors (Lipinski definition) is 4. The molecular weight excluding hydrogens is 246 g/mol. The first-order chi connectivity index (χ1) is 9.13. The molecule has 0 saturated carbocycles. The van der Waals surface area contributed by atoms with Crippen molar-refractivity contribution in [2.75, 3.05) is 0 Å². The predicted molar refractivity (Wildman–Crippen MR) is 70.2 cm³/mol. The molecule has 94 valence electrons. The Morgan fingerprint density at radius 3 is 2.53 bits per heavy atom. The molecule has 3 aromatic rings. The zero-order valence-electron chi connectivity index (χ0n) is 9.71. The molecule has 0 aliphatic rings. The highest BCUT2D eigenvalue weighted by atomic mass is 16.3. The molecule has 0 bridgehead atoms. The average Bonchev–Trinajstić information content (AvgIpc) is 2.40. The van der Waals surface area contributed by atoms with Crippen molar-refractivity contribution < 1.29 is 9.52 Å². The van der Waals surface area contributed by atoms with E-state index in [1.807, 2.05) is 0 Å². The molecule has 19 heavy (non-hydrogen) atoms. The fourth-order valence-corrected chi connectivity index (χ4v) is 1.85. The van der Waals surface area contributed by atoms with Crippen LogP contribution in [-0.2, 0) is 0 Å². The Morgan fingerprint density at radius 1 is 1.05 bits per heavy atom. The zero-order chi connectivity index (χ0) is 13.4. The second-order valence-corrected chi connectivity index (χ2v) is 4.10. The molecule has 0 atom stereocenters. The van der Waals surface area contributed by atoms with E-state index < -0.39 is 0 Å². The lowest BCUT2D eigenvalue weighted by Gasteiger charge is -2.02. The Bertz CT molecular complexity index is 859. The smallest absolute Gasteiger partial charge is 0.248 e. The van der Waals surface area contributed by atoms with Crippen LogP contribution in [0, 0.1) is 0 Å². The van der Waals surface area contributed by atoms with Crippen molar-refractivity contribution in [2.45, 2.75) is 0 Å². The second kappa shape index (κ2) is 4.13. The third-order valence-corrected chi connectivity index (χ3v) is 2.79. The van der Waals surface area contributed by atoms with Gasteiger partial charge in [-0.1, -0.05) is 0 Å². The highest BCUT2D eigenvalue weighted by Crippen LogP contribution is 2.23. The van der Waals surface area contributed by atoms with E-state index in [4.69, 9.17) is 4.42 Å².